The van der Waals surface area contributed by atoms with Crippen molar-refractivity contribution in [1.82, 2.24) is 9.97 Å². The lowest BCUT2D eigenvalue weighted by molar-refractivity contribution is 0.173. The lowest BCUT2D eigenvalue weighted by atomic mass is 9.88. The van der Waals surface area contributed by atoms with Crippen molar-refractivity contribution in [2.24, 2.45) is 0 Å². The number of benzene rings is 2. The van der Waals surface area contributed by atoms with Gasteiger partial charge in [-0.05, 0) is 74.6 Å². The molecule has 0 spiro atoms. The molecule has 0 radical (unpaired) electrons. The second-order valence-corrected chi connectivity index (χ2v) is 9.45. The first-order valence-corrected chi connectivity index (χ1v) is 12.9. The molecule has 6 nitrogen and oxygen atoms in total. The predicted octanol–water partition coefficient (Wildman–Crippen LogP) is 6.27. The summed E-state index contributed by atoms with van der Waals surface area (Å²) in [5, 5.41) is 13.6. The summed E-state index contributed by atoms with van der Waals surface area (Å²) in [5.41, 5.74) is 5.76. The van der Waals surface area contributed by atoms with Crippen LogP contribution in [0.15, 0.2) is 60.9 Å². The summed E-state index contributed by atoms with van der Waals surface area (Å²) in [6.45, 7) is 8.54. The Hall–Kier alpha value is -3.12. The van der Waals surface area contributed by atoms with Gasteiger partial charge in [-0.3, -0.25) is 0 Å². The van der Waals surface area contributed by atoms with Crippen LogP contribution >= 0.6 is 0 Å². The summed E-state index contributed by atoms with van der Waals surface area (Å²) in [7, 11) is 0. The normalized spacial score (nSPS) is 16.1. The van der Waals surface area contributed by atoms with Gasteiger partial charge >= 0.3 is 6.01 Å². The maximum absolute atomic E-state index is 10.0. The molecule has 0 aliphatic carbocycles. The van der Waals surface area contributed by atoms with Crippen molar-refractivity contribution in [3.63, 3.8) is 0 Å². The molecular weight excluding hydrogens is 436 g/mol. The van der Waals surface area contributed by atoms with E-state index in [2.05, 4.69) is 75.6 Å². The molecule has 0 saturated carbocycles. The average molecular weight is 475 g/mol. The van der Waals surface area contributed by atoms with E-state index < -0.39 is 0 Å². The van der Waals surface area contributed by atoms with Crippen molar-refractivity contribution >= 4 is 17.1 Å². The Labute approximate surface area is 209 Å². The first-order valence-electron chi connectivity index (χ1n) is 12.9. The van der Waals surface area contributed by atoms with Gasteiger partial charge in [-0.25, -0.2) is 9.97 Å². The molecule has 2 heterocycles. The standard InChI is InChI=1S/C29H38N4O2/c1-4-22(17-21(3)34)25-11-12-28(27(18-25)32-26-19-30-29(31-20-26)35-5-2)33-15-13-24(14-16-33)23-9-7-6-8-10-23/h6-12,18-22,24,32,34H,4-5,13-17H2,1-3H3. The largest absolute Gasteiger partial charge is 0.464 e. The molecule has 0 amide bonds. The molecule has 4 rings (SSSR count). The topological polar surface area (TPSA) is 70.5 Å². The van der Waals surface area contributed by atoms with E-state index in [1.54, 1.807) is 12.4 Å². The molecule has 0 bridgehead atoms. The Bertz CT molecular complexity index is 1050. The van der Waals surface area contributed by atoms with E-state index in [9.17, 15) is 5.11 Å². The molecule has 2 unspecified atom stereocenters. The first kappa shape index (κ1) is 25.0. The number of nitrogens with zero attached hydrogens (tertiary/aromatic N) is 3. The second-order valence-electron chi connectivity index (χ2n) is 9.45. The van der Waals surface area contributed by atoms with Crippen molar-refractivity contribution in [3.8, 4) is 6.01 Å². The van der Waals surface area contributed by atoms with Gasteiger partial charge in [-0.1, -0.05) is 43.3 Å². The number of hydrogen-bond donors (Lipinski definition) is 2. The fourth-order valence-electron chi connectivity index (χ4n) is 5.05. The minimum atomic E-state index is -0.326. The molecule has 3 aromatic rings. The van der Waals surface area contributed by atoms with E-state index >= 15 is 0 Å². The highest BCUT2D eigenvalue weighted by atomic mass is 16.5. The number of aromatic nitrogens is 2. The van der Waals surface area contributed by atoms with Gasteiger partial charge in [-0.2, -0.15) is 0 Å². The summed E-state index contributed by atoms with van der Waals surface area (Å²) in [4.78, 5) is 11.1. The third kappa shape index (κ3) is 6.51. The van der Waals surface area contributed by atoms with Gasteiger partial charge in [0.1, 0.15) is 0 Å². The zero-order valence-electron chi connectivity index (χ0n) is 21.2. The lowest BCUT2D eigenvalue weighted by Gasteiger charge is -2.35. The summed E-state index contributed by atoms with van der Waals surface area (Å²) in [6.07, 6.45) is 7.22. The molecule has 1 saturated heterocycles. The number of aliphatic hydroxyl groups excluding tert-OH is 1. The average Bonchev–Trinajstić information content (AvgIpc) is 2.89. The van der Waals surface area contributed by atoms with Gasteiger partial charge in [0.2, 0.25) is 0 Å². The predicted molar refractivity (Wildman–Crippen MR) is 143 cm³/mol. The number of nitrogens with one attached hydrogen (secondary N) is 1. The van der Waals surface area contributed by atoms with Gasteiger partial charge < -0.3 is 20.1 Å². The van der Waals surface area contributed by atoms with Crippen molar-refractivity contribution in [3.05, 3.63) is 72.1 Å². The van der Waals surface area contributed by atoms with Crippen LogP contribution in [0.3, 0.4) is 0 Å². The van der Waals surface area contributed by atoms with Gasteiger partial charge in [0.05, 0.1) is 42.2 Å². The van der Waals surface area contributed by atoms with Crippen LogP contribution in [-0.2, 0) is 0 Å². The highest BCUT2D eigenvalue weighted by Crippen LogP contribution is 2.37. The van der Waals surface area contributed by atoms with Gasteiger partial charge in [0.25, 0.3) is 0 Å². The SMILES string of the molecule is CCOc1ncc(Nc2cc(C(CC)CC(C)O)ccc2N2CCC(c3ccccc3)CC2)cn1. The molecule has 1 aromatic heterocycles. The number of aliphatic hydroxyl groups is 1. The summed E-state index contributed by atoms with van der Waals surface area (Å²) in [5.74, 6) is 0.920. The summed E-state index contributed by atoms with van der Waals surface area (Å²) >= 11 is 0. The van der Waals surface area contributed by atoms with E-state index in [1.807, 2.05) is 13.8 Å². The van der Waals surface area contributed by atoms with Crippen LogP contribution in [0.4, 0.5) is 17.1 Å². The van der Waals surface area contributed by atoms with Crippen LogP contribution in [0.25, 0.3) is 0 Å². The summed E-state index contributed by atoms with van der Waals surface area (Å²) < 4.78 is 5.40. The lowest BCUT2D eigenvalue weighted by Crippen LogP contribution is -2.33. The minimum absolute atomic E-state index is 0.310. The van der Waals surface area contributed by atoms with Crippen molar-refractivity contribution < 1.29 is 9.84 Å². The van der Waals surface area contributed by atoms with E-state index in [0.29, 0.717) is 24.5 Å². The Morgan fingerprint density at radius 1 is 1.06 bits per heavy atom. The van der Waals surface area contributed by atoms with Crippen molar-refractivity contribution in [1.29, 1.82) is 0 Å². The van der Waals surface area contributed by atoms with Crippen molar-refractivity contribution in [2.45, 2.75) is 64.4 Å². The maximum atomic E-state index is 10.0. The third-order valence-electron chi connectivity index (χ3n) is 6.90. The van der Waals surface area contributed by atoms with Gasteiger partial charge in [0, 0.05) is 13.1 Å². The smallest absolute Gasteiger partial charge is 0.316 e. The minimum Gasteiger partial charge on any atom is -0.464 e. The second kappa shape index (κ2) is 12.0. The Kier molecular flexibility index (Phi) is 8.59. The van der Waals surface area contributed by atoms with E-state index in [1.165, 1.54) is 16.8 Å². The number of hydrogen-bond acceptors (Lipinski definition) is 6. The summed E-state index contributed by atoms with van der Waals surface area (Å²) in [6, 6.07) is 18.0. The van der Waals surface area contributed by atoms with E-state index in [4.69, 9.17) is 4.74 Å². The molecule has 186 valence electrons. The molecule has 35 heavy (non-hydrogen) atoms. The highest BCUT2D eigenvalue weighted by molar-refractivity contribution is 5.76. The van der Waals surface area contributed by atoms with Crippen LogP contribution in [-0.4, -0.2) is 40.9 Å². The van der Waals surface area contributed by atoms with E-state index in [0.717, 1.165) is 50.1 Å². The van der Waals surface area contributed by atoms with Crippen LogP contribution < -0.4 is 15.0 Å². The maximum Gasteiger partial charge on any atom is 0.316 e. The molecule has 1 aliphatic heterocycles. The number of rotatable bonds is 10. The first-order chi connectivity index (χ1) is 17.1. The van der Waals surface area contributed by atoms with E-state index in [-0.39, 0.29) is 6.10 Å². The zero-order valence-corrected chi connectivity index (χ0v) is 21.2. The highest BCUT2D eigenvalue weighted by Gasteiger charge is 2.23. The molecular formula is C29H38N4O2. The van der Waals surface area contributed by atoms with Gasteiger partial charge in [-0.15, -0.1) is 0 Å². The van der Waals surface area contributed by atoms with Gasteiger partial charge in [0.15, 0.2) is 0 Å². The molecule has 1 aliphatic rings. The van der Waals surface area contributed by atoms with Crippen LogP contribution in [0.5, 0.6) is 6.01 Å². The van der Waals surface area contributed by atoms with Crippen LogP contribution in [0.2, 0.25) is 0 Å². The van der Waals surface area contributed by atoms with Crippen LogP contribution in [0, 0.1) is 0 Å². The van der Waals surface area contributed by atoms with Crippen molar-refractivity contribution in [2.75, 3.05) is 29.9 Å². The molecule has 2 atom stereocenters. The van der Waals surface area contributed by atoms with Crippen LogP contribution in [0.1, 0.15) is 69.4 Å². The molecule has 2 N–H and O–H groups in total. The monoisotopic (exact) mass is 474 g/mol. The number of ether oxygens (including phenoxy) is 1. The fourth-order valence-corrected chi connectivity index (χ4v) is 5.05. The third-order valence-corrected chi connectivity index (χ3v) is 6.90. The number of piperidine rings is 1. The molecule has 2 aromatic carbocycles. The zero-order chi connectivity index (χ0) is 24.6. The Balaban J connectivity index is 1.57. The molecule has 1 fully saturated rings. The quantitative estimate of drug-likeness (QED) is 0.361. The Morgan fingerprint density at radius 2 is 1.77 bits per heavy atom. The number of anilines is 3. The fraction of sp³-hybridized carbons (Fsp3) is 0.448. The Morgan fingerprint density at radius 3 is 2.40 bits per heavy atom. The molecule has 6 heteroatoms.